The second-order valence-electron chi connectivity index (χ2n) is 6.95. The SMILES string of the molecule is COC(=O)c1c(-c2ccccc2)cc(-c2cccc(F)c2)c2c1nc1ccccn12. The van der Waals surface area contributed by atoms with Gasteiger partial charge in [0.2, 0.25) is 0 Å². The van der Waals surface area contributed by atoms with Gasteiger partial charge in [0.1, 0.15) is 17.0 Å². The van der Waals surface area contributed by atoms with E-state index < -0.39 is 5.97 Å². The Bertz CT molecular complexity index is 1410. The first-order valence-electron chi connectivity index (χ1n) is 9.51. The van der Waals surface area contributed by atoms with Crippen molar-refractivity contribution in [3.8, 4) is 22.3 Å². The second kappa shape index (κ2) is 7.12. The number of halogens is 1. The van der Waals surface area contributed by atoms with Gasteiger partial charge in [-0.15, -0.1) is 0 Å². The largest absolute Gasteiger partial charge is 0.465 e. The van der Waals surface area contributed by atoms with Crippen LogP contribution in [0.2, 0.25) is 0 Å². The van der Waals surface area contributed by atoms with E-state index in [-0.39, 0.29) is 5.82 Å². The Kier molecular flexibility index (Phi) is 4.29. The molecule has 5 aromatic rings. The van der Waals surface area contributed by atoms with Crippen LogP contribution in [-0.2, 0) is 4.74 Å². The Balaban J connectivity index is 1.99. The molecular weight excluding hydrogens is 379 g/mol. The van der Waals surface area contributed by atoms with Crippen LogP contribution >= 0.6 is 0 Å². The zero-order valence-corrected chi connectivity index (χ0v) is 16.2. The molecule has 0 amide bonds. The minimum absolute atomic E-state index is 0.326. The molecule has 0 spiro atoms. The van der Waals surface area contributed by atoms with Crippen molar-refractivity contribution < 1.29 is 13.9 Å². The van der Waals surface area contributed by atoms with Gasteiger partial charge in [0, 0.05) is 11.8 Å². The Morgan fingerprint density at radius 1 is 0.900 bits per heavy atom. The molecule has 4 nitrogen and oxygen atoms in total. The standard InChI is InChI=1S/C25H17FN2O2/c1-30-25(29)22-19(16-8-3-2-4-9-16)15-20(17-10-7-11-18(26)14-17)24-23(22)27-21-12-5-6-13-28(21)24/h2-15H,1H3. The summed E-state index contributed by atoms with van der Waals surface area (Å²) in [6, 6.07) is 23.6. The number of esters is 1. The fourth-order valence-electron chi connectivity index (χ4n) is 3.87. The minimum Gasteiger partial charge on any atom is -0.465 e. The van der Waals surface area contributed by atoms with Gasteiger partial charge >= 0.3 is 5.97 Å². The highest BCUT2D eigenvalue weighted by Crippen LogP contribution is 2.38. The Labute approximate surface area is 172 Å². The molecule has 0 aliphatic heterocycles. The summed E-state index contributed by atoms with van der Waals surface area (Å²) in [5.41, 5.74) is 5.38. The van der Waals surface area contributed by atoms with Crippen molar-refractivity contribution in [2.75, 3.05) is 7.11 Å². The van der Waals surface area contributed by atoms with Gasteiger partial charge in [0.15, 0.2) is 0 Å². The van der Waals surface area contributed by atoms with E-state index in [0.29, 0.717) is 27.9 Å². The van der Waals surface area contributed by atoms with Crippen molar-refractivity contribution in [2.24, 2.45) is 0 Å². The molecule has 0 unspecified atom stereocenters. The number of aromatic nitrogens is 2. The number of fused-ring (bicyclic) bond motifs is 3. The number of methoxy groups -OCH3 is 1. The summed E-state index contributed by atoms with van der Waals surface area (Å²) in [5.74, 6) is -0.791. The Morgan fingerprint density at radius 2 is 1.67 bits per heavy atom. The predicted molar refractivity (Wildman–Crippen MR) is 115 cm³/mol. The van der Waals surface area contributed by atoms with E-state index in [1.807, 2.05) is 71.3 Å². The van der Waals surface area contributed by atoms with E-state index in [9.17, 15) is 9.18 Å². The predicted octanol–water partition coefficient (Wildman–Crippen LogP) is 5.75. The zero-order chi connectivity index (χ0) is 20.7. The number of nitrogens with zero attached hydrogens (tertiary/aromatic N) is 2. The molecule has 0 atom stereocenters. The first-order chi connectivity index (χ1) is 14.7. The van der Waals surface area contributed by atoms with Crippen LogP contribution in [0.3, 0.4) is 0 Å². The zero-order valence-electron chi connectivity index (χ0n) is 16.2. The summed E-state index contributed by atoms with van der Waals surface area (Å²) < 4.78 is 21.1. The van der Waals surface area contributed by atoms with Crippen LogP contribution < -0.4 is 0 Å². The monoisotopic (exact) mass is 396 g/mol. The van der Waals surface area contributed by atoms with Crippen LogP contribution in [0.15, 0.2) is 85.1 Å². The number of ether oxygens (including phenoxy) is 1. The molecule has 0 aliphatic rings. The maximum absolute atomic E-state index is 14.1. The average molecular weight is 396 g/mol. The molecular formula is C25H17FN2O2. The van der Waals surface area contributed by atoms with Crippen LogP contribution in [0, 0.1) is 5.82 Å². The van der Waals surface area contributed by atoms with E-state index in [0.717, 1.165) is 16.6 Å². The second-order valence-corrected chi connectivity index (χ2v) is 6.95. The summed E-state index contributed by atoms with van der Waals surface area (Å²) in [5, 5.41) is 0. The lowest BCUT2D eigenvalue weighted by Gasteiger charge is -2.14. The fraction of sp³-hybridized carbons (Fsp3) is 0.0400. The number of pyridine rings is 1. The van der Waals surface area contributed by atoms with E-state index in [2.05, 4.69) is 0 Å². The third-order valence-electron chi connectivity index (χ3n) is 5.19. The molecule has 0 saturated carbocycles. The van der Waals surface area contributed by atoms with Crippen molar-refractivity contribution in [3.05, 3.63) is 96.4 Å². The molecule has 2 aromatic heterocycles. The average Bonchev–Trinajstić information content (AvgIpc) is 3.17. The molecule has 0 aliphatic carbocycles. The van der Waals surface area contributed by atoms with Crippen LogP contribution in [0.1, 0.15) is 10.4 Å². The number of carbonyl (C=O) groups excluding carboxylic acids is 1. The van der Waals surface area contributed by atoms with E-state index in [1.165, 1.54) is 19.2 Å². The molecule has 146 valence electrons. The van der Waals surface area contributed by atoms with Crippen molar-refractivity contribution >= 4 is 22.6 Å². The number of benzene rings is 3. The molecule has 2 heterocycles. The number of carbonyl (C=O) groups is 1. The van der Waals surface area contributed by atoms with Crippen molar-refractivity contribution in [2.45, 2.75) is 0 Å². The Hall–Kier alpha value is -3.99. The topological polar surface area (TPSA) is 43.6 Å². The molecule has 5 heteroatoms. The van der Waals surface area contributed by atoms with Gasteiger partial charge < -0.3 is 4.74 Å². The number of hydrogen-bond donors (Lipinski definition) is 0. The van der Waals surface area contributed by atoms with Gasteiger partial charge in [-0.25, -0.2) is 14.2 Å². The van der Waals surface area contributed by atoms with Gasteiger partial charge in [-0.3, -0.25) is 4.40 Å². The van der Waals surface area contributed by atoms with Crippen LogP contribution in [0.25, 0.3) is 38.9 Å². The Morgan fingerprint density at radius 3 is 2.43 bits per heavy atom. The van der Waals surface area contributed by atoms with Crippen LogP contribution in [0.5, 0.6) is 0 Å². The van der Waals surface area contributed by atoms with Crippen molar-refractivity contribution in [1.82, 2.24) is 9.38 Å². The van der Waals surface area contributed by atoms with Gasteiger partial charge in [0.25, 0.3) is 0 Å². The summed E-state index contributed by atoms with van der Waals surface area (Å²) in [6.45, 7) is 0. The van der Waals surface area contributed by atoms with Gasteiger partial charge in [-0.1, -0.05) is 48.5 Å². The van der Waals surface area contributed by atoms with Gasteiger partial charge in [-0.05, 0) is 47.0 Å². The lowest BCUT2D eigenvalue weighted by atomic mass is 9.92. The molecule has 0 saturated heterocycles. The normalized spacial score (nSPS) is 11.1. The lowest BCUT2D eigenvalue weighted by molar-refractivity contribution is 0.0603. The highest BCUT2D eigenvalue weighted by Gasteiger charge is 2.24. The molecule has 0 bridgehead atoms. The van der Waals surface area contributed by atoms with Crippen molar-refractivity contribution in [3.63, 3.8) is 0 Å². The number of imidazole rings is 1. The van der Waals surface area contributed by atoms with E-state index in [4.69, 9.17) is 9.72 Å². The molecule has 0 radical (unpaired) electrons. The molecule has 0 N–H and O–H groups in total. The van der Waals surface area contributed by atoms with Gasteiger partial charge in [0.05, 0.1) is 18.2 Å². The maximum atomic E-state index is 14.1. The first kappa shape index (κ1) is 18.1. The van der Waals surface area contributed by atoms with E-state index >= 15 is 0 Å². The molecule has 30 heavy (non-hydrogen) atoms. The third-order valence-corrected chi connectivity index (χ3v) is 5.19. The number of hydrogen-bond acceptors (Lipinski definition) is 3. The van der Waals surface area contributed by atoms with Crippen LogP contribution in [-0.4, -0.2) is 22.5 Å². The first-order valence-corrected chi connectivity index (χ1v) is 9.51. The minimum atomic E-state index is -0.465. The maximum Gasteiger partial charge on any atom is 0.340 e. The van der Waals surface area contributed by atoms with Gasteiger partial charge in [-0.2, -0.15) is 0 Å². The molecule has 0 fully saturated rings. The fourth-order valence-corrected chi connectivity index (χ4v) is 3.87. The summed E-state index contributed by atoms with van der Waals surface area (Å²) in [6.07, 6.45) is 1.89. The molecule has 5 rings (SSSR count). The number of rotatable bonds is 3. The third kappa shape index (κ3) is 2.83. The van der Waals surface area contributed by atoms with Crippen molar-refractivity contribution in [1.29, 1.82) is 0 Å². The lowest BCUT2D eigenvalue weighted by Crippen LogP contribution is -2.06. The highest BCUT2D eigenvalue weighted by atomic mass is 19.1. The highest BCUT2D eigenvalue weighted by molar-refractivity contribution is 6.13. The smallest absolute Gasteiger partial charge is 0.340 e. The summed E-state index contributed by atoms with van der Waals surface area (Å²) in [4.78, 5) is 17.6. The van der Waals surface area contributed by atoms with E-state index in [1.54, 1.807) is 6.07 Å². The quantitative estimate of drug-likeness (QED) is 0.365. The molecule has 3 aromatic carbocycles. The van der Waals surface area contributed by atoms with Crippen LogP contribution in [0.4, 0.5) is 4.39 Å². The summed E-state index contributed by atoms with van der Waals surface area (Å²) in [7, 11) is 1.36. The summed E-state index contributed by atoms with van der Waals surface area (Å²) >= 11 is 0.